The zero-order chi connectivity index (χ0) is 11.7. The van der Waals surface area contributed by atoms with Gasteiger partial charge in [-0.1, -0.05) is 0 Å². The molecule has 0 unspecified atom stereocenters. The van der Waals surface area contributed by atoms with Crippen molar-refractivity contribution in [1.29, 1.82) is 0 Å². The molecule has 6 atom stereocenters. The van der Waals surface area contributed by atoms with Crippen LogP contribution >= 0.6 is 69.6 Å². The molecule has 4 aliphatic carbocycles. The Balaban J connectivity index is 1.73. The van der Waals surface area contributed by atoms with Crippen LogP contribution < -0.4 is 0 Å². The number of alkyl halides is 6. The molecule has 0 aromatic heterocycles. The first kappa shape index (κ1) is 11.6. The molecule has 0 aromatic rings. The molecule has 0 saturated heterocycles. The normalized spacial score (nSPS) is 61.1. The summed E-state index contributed by atoms with van der Waals surface area (Å²) in [5.41, 5.74) is 0. The first-order valence-electron chi connectivity index (χ1n) is 5.35. The van der Waals surface area contributed by atoms with Gasteiger partial charge in [0.25, 0.3) is 0 Å². The van der Waals surface area contributed by atoms with Gasteiger partial charge in [-0.3, -0.25) is 0 Å². The molecule has 0 amide bonds. The maximum atomic E-state index is 6.31. The van der Waals surface area contributed by atoms with Gasteiger partial charge in [0.1, 0.15) is 13.0 Å². The van der Waals surface area contributed by atoms with Gasteiger partial charge in [-0.15, -0.1) is 69.6 Å². The molecule has 4 rings (SSSR count). The Morgan fingerprint density at radius 2 is 0.938 bits per heavy atom. The van der Waals surface area contributed by atoms with E-state index in [0.29, 0.717) is 0 Å². The van der Waals surface area contributed by atoms with E-state index in [-0.39, 0.29) is 35.5 Å². The summed E-state index contributed by atoms with van der Waals surface area (Å²) in [5, 5.41) is 0. The lowest BCUT2D eigenvalue weighted by Crippen LogP contribution is -1.98. The highest BCUT2D eigenvalue weighted by Gasteiger charge is 2.88. The van der Waals surface area contributed by atoms with Gasteiger partial charge in [0.15, 0.2) is 0 Å². The monoisotopic (exact) mass is 338 g/mol. The molecule has 4 aliphatic rings. The summed E-state index contributed by atoms with van der Waals surface area (Å²) >= 11 is 37.7. The van der Waals surface area contributed by atoms with Gasteiger partial charge in [-0.05, 0) is 18.3 Å². The van der Waals surface area contributed by atoms with Crippen molar-refractivity contribution in [2.45, 2.75) is 19.4 Å². The molecule has 0 nitrogen and oxygen atoms in total. The smallest absolute Gasteiger partial charge is 0.101 e. The number of hydrogen-bond donors (Lipinski definition) is 0. The standard InChI is InChI=1S/C10H8Cl6/c11-8(12)2-1-3-5(9(3,13)14)7-6(4(2)8)10(7,15)16/h2-7H,1H2/t2-,3+,4-,5-,6-,7+/m0/s1. The van der Waals surface area contributed by atoms with Crippen LogP contribution in [0.1, 0.15) is 6.42 Å². The van der Waals surface area contributed by atoms with Crippen LogP contribution in [0.4, 0.5) is 0 Å². The van der Waals surface area contributed by atoms with Crippen LogP contribution in [-0.2, 0) is 0 Å². The molecule has 0 spiro atoms. The van der Waals surface area contributed by atoms with Gasteiger partial charge in [-0.2, -0.15) is 0 Å². The van der Waals surface area contributed by atoms with E-state index in [9.17, 15) is 0 Å². The van der Waals surface area contributed by atoms with E-state index < -0.39 is 13.0 Å². The fourth-order valence-corrected chi connectivity index (χ4v) is 6.75. The molecule has 16 heavy (non-hydrogen) atoms. The summed E-state index contributed by atoms with van der Waals surface area (Å²) in [4.78, 5) is 0. The van der Waals surface area contributed by atoms with Gasteiger partial charge in [0.05, 0.1) is 0 Å². The Morgan fingerprint density at radius 3 is 1.31 bits per heavy atom. The van der Waals surface area contributed by atoms with Crippen molar-refractivity contribution in [2.24, 2.45) is 35.5 Å². The predicted molar refractivity (Wildman–Crippen MR) is 68.9 cm³/mol. The molecule has 0 radical (unpaired) electrons. The molecule has 4 fully saturated rings. The highest BCUT2D eigenvalue weighted by molar-refractivity contribution is 6.55. The van der Waals surface area contributed by atoms with E-state index in [0.717, 1.165) is 6.42 Å². The Labute approximate surface area is 124 Å². The van der Waals surface area contributed by atoms with Crippen molar-refractivity contribution in [3.05, 3.63) is 0 Å². The van der Waals surface area contributed by atoms with Crippen molar-refractivity contribution in [1.82, 2.24) is 0 Å². The summed E-state index contributed by atoms with van der Waals surface area (Å²) in [5.74, 6) is 1.32. The van der Waals surface area contributed by atoms with Crippen LogP contribution in [0.15, 0.2) is 0 Å². The highest BCUT2D eigenvalue weighted by atomic mass is 35.5. The lowest BCUT2D eigenvalue weighted by molar-refractivity contribution is 0.569. The van der Waals surface area contributed by atoms with Crippen molar-refractivity contribution in [3.8, 4) is 0 Å². The van der Waals surface area contributed by atoms with Crippen molar-refractivity contribution in [3.63, 3.8) is 0 Å². The van der Waals surface area contributed by atoms with Gasteiger partial charge >= 0.3 is 0 Å². The Kier molecular flexibility index (Phi) is 2.00. The lowest BCUT2D eigenvalue weighted by atomic mass is 10.1. The SMILES string of the molecule is ClC1(Cl)[C@@H]2[C@H]1[C@@H]1[C@@H](C[C@H]3[C@@H]2C3(Cl)Cl)C1(Cl)Cl. The van der Waals surface area contributed by atoms with Crippen LogP contribution in [0, 0.1) is 35.5 Å². The van der Waals surface area contributed by atoms with Gasteiger partial charge < -0.3 is 0 Å². The number of fused-ring (bicyclic) bond motifs is 5. The Hall–Kier alpha value is 1.74. The largest absolute Gasteiger partial charge is 0.125 e. The average molecular weight is 341 g/mol. The fourth-order valence-electron chi connectivity index (χ4n) is 3.99. The molecule has 0 heterocycles. The quantitative estimate of drug-likeness (QED) is 0.563. The molecule has 0 aromatic carbocycles. The molecule has 4 saturated carbocycles. The summed E-state index contributed by atoms with van der Waals surface area (Å²) < 4.78 is -2.04. The minimum Gasteiger partial charge on any atom is -0.101 e. The molecular weight excluding hydrogens is 333 g/mol. The zero-order valence-electron chi connectivity index (χ0n) is 7.94. The summed E-state index contributed by atoms with van der Waals surface area (Å²) in [6.07, 6.45) is 0.909. The zero-order valence-corrected chi connectivity index (χ0v) is 12.5. The second kappa shape index (κ2) is 2.76. The first-order valence-corrected chi connectivity index (χ1v) is 7.62. The number of halogens is 6. The summed E-state index contributed by atoms with van der Waals surface area (Å²) in [6, 6.07) is 0. The molecule has 0 aliphatic heterocycles. The van der Waals surface area contributed by atoms with E-state index in [1.165, 1.54) is 0 Å². The van der Waals surface area contributed by atoms with Gasteiger partial charge in [0, 0.05) is 23.7 Å². The van der Waals surface area contributed by atoms with Crippen LogP contribution in [-0.4, -0.2) is 13.0 Å². The molecule has 6 heteroatoms. The van der Waals surface area contributed by atoms with Crippen molar-refractivity contribution < 1.29 is 0 Å². The molecular formula is C10H8Cl6. The maximum absolute atomic E-state index is 6.31. The highest BCUT2D eigenvalue weighted by Crippen LogP contribution is 2.87. The maximum Gasteiger partial charge on any atom is 0.125 e. The van der Waals surface area contributed by atoms with E-state index in [1.807, 2.05) is 0 Å². The molecule has 0 bridgehead atoms. The van der Waals surface area contributed by atoms with Gasteiger partial charge in [0.2, 0.25) is 0 Å². The van der Waals surface area contributed by atoms with Crippen LogP contribution in [0.25, 0.3) is 0 Å². The second-order valence-electron chi connectivity index (χ2n) is 5.58. The summed E-state index contributed by atoms with van der Waals surface area (Å²) in [6.45, 7) is 0. The third-order valence-electron chi connectivity index (χ3n) is 4.97. The minimum atomic E-state index is -0.719. The Morgan fingerprint density at radius 1 is 0.562 bits per heavy atom. The second-order valence-corrected chi connectivity index (χ2v) is 9.91. The topological polar surface area (TPSA) is 0 Å². The molecule has 90 valence electrons. The van der Waals surface area contributed by atoms with E-state index in [1.54, 1.807) is 0 Å². The first-order chi connectivity index (χ1) is 7.22. The summed E-state index contributed by atoms with van der Waals surface area (Å²) in [7, 11) is 0. The van der Waals surface area contributed by atoms with Gasteiger partial charge in [-0.25, -0.2) is 0 Å². The number of rotatable bonds is 0. The van der Waals surface area contributed by atoms with Crippen molar-refractivity contribution >= 4 is 69.6 Å². The fraction of sp³-hybridized carbons (Fsp3) is 1.00. The van der Waals surface area contributed by atoms with E-state index in [4.69, 9.17) is 69.6 Å². The lowest BCUT2D eigenvalue weighted by Gasteiger charge is -1.99. The van der Waals surface area contributed by atoms with Crippen LogP contribution in [0.2, 0.25) is 0 Å². The Bertz CT molecular complexity index is 355. The van der Waals surface area contributed by atoms with E-state index >= 15 is 0 Å². The molecule has 0 N–H and O–H groups in total. The number of hydrogen-bond acceptors (Lipinski definition) is 0. The third kappa shape index (κ3) is 1.10. The average Bonchev–Trinajstić information content (AvgIpc) is 2.96. The van der Waals surface area contributed by atoms with Crippen LogP contribution in [0.3, 0.4) is 0 Å². The minimum absolute atomic E-state index is 0.171. The van der Waals surface area contributed by atoms with Crippen molar-refractivity contribution in [2.75, 3.05) is 0 Å². The van der Waals surface area contributed by atoms with E-state index in [2.05, 4.69) is 0 Å². The third-order valence-corrected chi connectivity index (χ3v) is 8.11. The predicted octanol–water partition coefficient (Wildman–Crippen LogP) is 4.65. The van der Waals surface area contributed by atoms with Crippen LogP contribution in [0.5, 0.6) is 0 Å².